The molecule has 2 aromatic heterocycles. The van der Waals surface area contributed by atoms with Crippen LogP contribution in [0, 0.1) is 5.82 Å². The summed E-state index contributed by atoms with van der Waals surface area (Å²) >= 11 is 0. The maximum atomic E-state index is 14.3. The predicted molar refractivity (Wildman–Crippen MR) is 79.6 cm³/mol. The van der Waals surface area contributed by atoms with Crippen molar-refractivity contribution < 1.29 is 8.91 Å². The molecule has 0 saturated heterocycles. The van der Waals surface area contributed by atoms with Crippen LogP contribution in [-0.4, -0.2) is 19.9 Å². The maximum absolute atomic E-state index is 14.3. The van der Waals surface area contributed by atoms with Crippen LogP contribution in [0.25, 0.3) is 16.9 Å². The lowest BCUT2D eigenvalue weighted by molar-refractivity contribution is 0.291. The molecular formula is C16H17FN4O. The highest BCUT2D eigenvalue weighted by Crippen LogP contribution is 2.36. The van der Waals surface area contributed by atoms with Crippen molar-refractivity contribution in [1.82, 2.24) is 19.9 Å². The van der Waals surface area contributed by atoms with Gasteiger partial charge in [0.2, 0.25) is 5.89 Å². The van der Waals surface area contributed by atoms with Gasteiger partial charge in [0.1, 0.15) is 11.3 Å². The average Bonchev–Trinajstić information content (AvgIpc) is 3.01. The largest absolute Gasteiger partial charge is 0.337 e. The first-order chi connectivity index (χ1) is 10.6. The van der Waals surface area contributed by atoms with E-state index in [4.69, 9.17) is 4.52 Å². The molecule has 0 radical (unpaired) electrons. The van der Waals surface area contributed by atoms with Gasteiger partial charge in [0, 0.05) is 11.3 Å². The lowest BCUT2D eigenvalue weighted by Crippen LogP contribution is -2.09. The average molecular weight is 300 g/mol. The fraction of sp³-hybridized carbons (Fsp3) is 0.438. The Kier molecular flexibility index (Phi) is 2.99. The Bertz CT molecular complexity index is 832. The number of fused-ring (bicyclic) bond motifs is 1. The highest BCUT2D eigenvalue weighted by molar-refractivity contribution is 5.84. The van der Waals surface area contributed by atoms with Crippen molar-refractivity contribution in [3.8, 4) is 5.95 Å². The Morgan fingerprint density at radius 3 is 2.82 bits per heavy atom. The van der Waals surface area contributed by atoms with Gasteiger partial charge in [-0.3, -0.25) is 0 Å². The maximum Gasteiger partial charge on any atom is 0.291 e. The quantitative estimate of drug-likeness (QED) is 0.735. The topological polar surface area (TPSA) is 56.7 Å². The molecule has 6 heteroatoms. The smallest absolute Gasteiger partial charge is 0.291 e. The van der Waals surface area contributed by atoms with Gasteiger partial charge in [0.05, 0.1) is 5.69 Å². The van der Waals surface area contributed by atoms with Crippen LogP contribution < -0.4 is 0 Å². The van der Waals surface area contributed by atoms with Gasteiger partial charge in [-0.2, -0.15) is 14.8 Å². The Morgan fingerprint density at radius 2 is 2.14 bits per heavy atom. The number of aromatic nitrogens is 4. The molecule has 114 valence electrons. The van der Waals surface area contributed by atoms with E-state index < -0.39 is 0 Å². The minimum absolute atomic E-state index is 0.184. The molecule has 1 fully saturated rings. The normalized spacial score (nSPS) is 15.6. The van der Waals surface area contributed by atoms with Gasteiger partial charge < -0.3 is 4.52 Å². The van der Waals surface area contributed by atoms with E-state index in [1.807, 2.05) is 19.9 Å². The van der Waals surface area contributed by atoms with Crippen LogP contribution in [0.4, 0.5) is 4.39 Å². The molecule has 4 rings (SSSR count). The summed E-state index contributed by atoms with van der Waals surface area (Å²) in [5.74, 6) is 1.14. The van der Waals surface area contributed by atoms with Crippen LogP contribution >= 0.6 is 0 Å². The van der Waals surface area contributed by atoms with Gasteiger partial charge in [-0.15, -0.1) is 0 Å². The predicted octanol–water partition coefficient (Wildman–Crippen LogP) is 3.94. The van der Waals surface area contributed by atoms with Crippen LogP contribution in [0.15, 0.2) is 22.7 Å². The number of hydrogen-bond donors (Lipinski definition) is 0. The second-order valence-corrected chi connectivity index (χ2v) is 6.15. The molecule has 0 spiro atoms. The molecular weight excluding hydrogens is 283 g/mol. The van der Waals surface area contributed by atoms with Gasteiger partial charge in [-0.25, -0.2) is 4.39 Å². The molecule has 0 N–H and O–H groups in total. The van der Waals surface area contributed by atoms with Gasteiger partial charge in [-0.1, -0.05) is 32.4 Å². The Hall–Kier alpha value is -2.24. The van der Waals surface area contributed by atoms with Gasteiger partial charge in [-0.05, 0) is 30.0 Å². The number of para-hydroxylation sites is 1. The van der Waals surface area contributed by atoms with E-state index in [0.29, 0.717) is 23.3 Å². The zero-order valence-corrected chi connectivity index (χ0v) is 12.6. The van der Waals surface area contributed by atoms with Crippen LogP contribution in [-0.2, 0) is 0 Å². The summed E-state index contributed by atoms with van der Waals surface area (Å²) in [5, 5.41) is 9.33. The standard InChI is InChI=1S/C16H17FN4O/c1-9(2)13-11-7-4-8-12(17)14(11)21(19-13)16-18-15(22-20-16)10-5-3-6-10/h4,7-10H,3,5-6H2,1-2H3. The van der Waals surface area contributed by atoms with Crippen molar-refractivity contribution in [2.75, 3.05) is 0 Å². The molecule has 0 unspecified atom stereocenters. The highest BCUT2D eigenvalue weighted by atomic mass is 19.1. The molecule has 0 amide bonds. The lowest BCUT2D eigenvalue weighted by Gasteiger charge is -2.20. The van der Waals surface area contributed by atoms with E-state index in [1.54, 1.807) is 6.07 Å². The Balaban J connectivity index is 1.88. The number of rotatable bonds is 3. The second-order valence-electron chi connectivity index (χ2n) is 6.15. The fourth-order valence-electron chi connectivity index (χ4n) is 2.85. The zero-order chi connectivity index (χ0) is 15.3. The van der Waals surface area contributed by atoms with E-state index in [2.05, 4.69) is 15.2 Å². The molecule has 1 aromatic carbocycles. The van der Waals surface area contributed by atoms with Crippen LogP contribution in [0.2, 0.25) is 0 Å². The minimum Gasteiger partial charge on any atom is -0.337 e. The molecule has 1 aliphatic carbocycles. The van der Waals surface area contributed by atoms with Gasteiger partial charge >= 0.3 is 0 Å². The number of benzene rings is 1. The summed E-state index contributed by atoms with van der Waals surface area (Å²) in [6.45, 7) is 4.07. The monoisotopic (exact) mass is 300 g/mol. The minimum atomic E-state index is -0.327. The van der Waals surface area contributed by atoms with Gasteiger partial charge in [0.25, 0.3) is 5.95 Å². The molecule has 0 bridgehead atoms. The van der Waals surface area contributed by atoms with E-state index in [9.17, 15) is 4.39 Å². The number of hydrogen-bond acceptors (Lipinski definition) is 4. The Labute approximate surface area is 127 Å². The van der Waals surface area contributed by atoms with Crippen molar-refractivity contribution in [1.29, 1.82) is 0 Å². The molecule has 1 saturated carbocycles. The first-order valence-corrected chi connectivity index (χ1v) is 7.66. The van der Waals surface area contributed by atoms with Crippen molar-refractivity contribution >= 4 is 10.9 Å². The second kappa shape index (κ2) is 4.90. The summed E-state index contributed by atoms with van der Waals surface area (Å²) in [6, 6.07) is 5.01. The fourth-order valence-corrected chi connectivity index (χ4v) is 2.85. The summed E-state index contributed by atoms with van der Waals surface area (Å²) < 4.78 is 21.1. The van der Waals surface area contributed by atoms with Crippen molar-refractivity contribution in [2.45, 2.75) is 44.9 Å². The van der Waals surface area contributed by atoms with Crippen molar-refractivity contribution in [3.63, 3.8) is 0 Å². The molecule has 0 aliphatic heterocycles. The van der Waals surface area contributed by atoms with Gasteiger partial charge in [0.15, 0.2) is 0 Å². The molecule has 1 aliphatic rings. The summed E-state index contributed by atoms with van der Waals surface area (Å²) in [6.07, 6.45) is 3.35. The zero-order valence-electron chi connectivity index (χ0n) is 12.6. The van der Waals surface area contributed by atoms with Crippen LogP contribution in [0.3, 0.4) is 0 Å². The van der Waals surface area contributed by atoms with E-state index in [0.717, 1.165) is 23.9 Å². The van der Waals surface area contributed by atoms with E-state index in [1.165, 1.54) is 17.2 Å². The summed E-state index contributed by atoms with van der Waals surface area (Å²) in [7, 11) is 0. The lowest BCUT2D eigenvalue weighted by atomic mass is 9.85. The van der Waals surface area contributed by atoms with E-state index >= 15 is 0 Å². The number of halogens is 1. The SMILES string of the molecule is CC(C)c1nn(-c2noc(C3CCC3)n2)c2c(F)cccc12. The number of nitrogens with zero attached hydrogens (tertiary/aromatic N) is 4. The third-order valence-electron chi connectivity index (χ3n) is 4.30. The molecule has 3 aromatic rings. The molecule has 5 nitrogen and oxygen atoms in total. The molecule has 0 atom stereocenters. The molecule has 2 heterocycles. The first kappa shape index (κ1) is 13.4. The van der Waals surface area contributed by atoms with Crippen molar-refractivity contribution in [2.24, 2.45) is 0 Å². The Morgan fingerprint density at radius 1 is 1.32 bits per heavy atom. The molecule has 22 heavy (non-hydrogen) atoms. The van der Waals surface area contributed by atoms with Crippen molar-refractivity contribution in [3.05, 3.63) is 35.6 Å². The third kappa shape index (κ3) is 1.94. The highest BCUT2D eigenvalue weighted by Gasteiger charge is 2.27. The van der Waals surface area contributed by atoms with Crippen LogP contribution in [0.1, 0.15) is 56.5 Å². The first-order valence-electron chi connectivity index (χ1n) is 7.66. The third-order valence-corrected chi connectivity index (χ3v) is 4.30. The summed E-state index contributed by atoms with van der Waals surface area (Å²) in [4.78, 5) is 4.42. The summed E-state index contributed by atoms with van der Waals surface area (Å²) in [5.41, 5.74) is 1.25. The van der Waals surface area contributed by atoms with E-state index in [-0.39, 0.29) is 11.7 Å². The van der Waals surface area contributed by atoms with Crippen LogP contribution in [0.5, 0.6) is 0 Å².